The lowest BCUT2D eigenvalue weighted by molar-refractivity contribution is -0.140. The molecule has 112 valence electrons. The average molecular weight is 349 g/mol. The Kier molecular flexibility index (Phi) is 4.44. The minimum atomic E-state index is -4.09. The molecule has 1 saturated heterocycles. The second-order valence-electron chi connectivity index (χ2n) is 4.60. The largest absolute Gasteiger partial charge is 0.480 e. The Morgan fingerprint density at radius 2 is 1.90 bits per heavy atom. The van der Waals surface area contributed by atoms with Gasteiger partial charge < -0.3 is 5.11 Å². The molecule has 2 atom stereocenters. The van der Waals surface area contributed by atoms with Crippen molar-refractivity contribution in [2.45, 2.75) is 17.4 Å². The van der Waals surface area contributed by atoms with Crippen LogP contribution in [0.1, 0.15) is 6.42 Å². The molecule has 0 aliphatic carbocycles. The van der Waals surface area contributed by atoms with E-state index in [4.69, 9.17) is 33.6 Å². The van der Waals surface area contributed by atoms with Crippen LogP contribution in [0, 0.1) is 17.2 Å². The number of hydrogen-bond donors (Lipinski definition) is 1. The molecule has 1 N–H and O–H groups in total. The highest BCUT2D eigenvalue weighted by molar-refractivity contribution is 7.89. The maximum atomic E-state index is 12.6. The van der Waals surface area contributed by atoms with Gasteiger partial charge >= 0.3 is 5.97 Å². The summed E-state index contributed by atoms with van der Waals surface area (Å²) in [4.78, 5) is 11.0. The second kappa shape index (κ2) is 5.81. The number of nitrogens with zero attached hydrogens (tertiary/aromatic N) is 2. The lowest BCUT2D eigenvalue weighted by Crippen LogP contribution is -2.40. The molecule has 1 aromatic rings. The number of aliphatic carboxylic acids is 1. The molecule has 0 saturated carbocycles. The molecule has 9 heteroatoms. The van der Waals surface area contributed by atoms with E-state index in [0.29, 0.717) is 0 Å². The standard InChI is InChI=1S/C12H10Cl2N2O4S/c13-8-2-9(14)4-10(3-8)21(19,20)16-6-7(5-15)1-11(16)12(17)18/h2-4,7,11H,1,6H2,(H,17,18)/t7-,11-/m0/s1. The molecule has 1 heterocycles. The molecular weight excluding hydrogens is 339 g/mol. The molecule has 0 spiro atoms. The predicted molar refractivity (Wildman–Crippen MR) is 75.5 cm³/mol. The fraction of sp³-hybridized carbons (Fsp3) is 0.333. The van der Waals surface area contributed by atoms with Crippen LogP contribution < -0.4 is 0 Å². The lowest BCUT2D eigenvalue weighted by Gasteiger charge is -2.21. The van der Waals surface area contributed by atoms with E-state index in [9.17, 15) is 13.2 Å². The summed E-state index contributed by atoms with van der Waals surface area (Å²) >= 11 is 11.6. The number of rotatable bonds is 3. The monoisotopic (exact) mass is 348 g/mol. The Labute approximate surface area is 131 Å². The zero-order valence-corrected chi connectivity index (χ0v) is 12.9. The van der Waals surface area contributed by atoms with Crippen LogP contribution in [0.3, 0.4) is 0 Å². The number of sulfonamides is 1. The molecule has 21 heavy (non-hydrogen) atoms. The SMILES string of the molecule is N#C[C@@H]1C[C@@H](C(=O)O)N(S(=O)(=O)c2cc(Cl)cc(Cl)c2)C1. The first-order valence-electron chi connectivity index (χ1n) is 5.86. The van der Waals surface area contributed by atoms with Crippen LogP contribution in [0.2, 0.25) is 10.0 Å². The fourth-order valence-electron chi connectivity index (χ4n) is 2.20. The summed E-state index contributed by atoms with van der Waals surface area (Å²) in [5, 5.41) is 18.3. The minimum Gasteiger partial charge on any atom is -0.480 e. The average Bonchev–Trinajstić information content (AvgIpc) is 2.82. The normalized spacial score (nSPS) is 22.9. The van der Waals surface area contributed by atoms with Gasteiger partial charge in [0.15, 0.2) is 0 Å². The molecule has 0 bridgehead atoms. The number of carbonyl (C=O) groups is 1. The zero-order chi connectivity index (χ0) is 15.8. The summed E-state index contributed by atoms with van der Waals surface area (Å²) in [5.41, 5.74) is 0. The Morgan fingerprint density at radius 3 is 2.38 bits per heavy atom. The van der Waals surface area contributed by atoms with Crippen molar-refractivity contribution in [3.8, 4) is 6.07 Å². The molecule has 1 aliphatic rings. The van der Waals surface area contributed by atoms with E-state index in [1.807, 2.05) is 6.07 Å². The summed E-state index contributed by atoms with van der Waals surface area (Å²) in [6.45, 7) is -0.167. The van der Waals surface area contributed by atoms with Crippen molar-refractivity contribution in [2.24, 2.45) is 5.92 Å². The first-order valence-corrected chi connectivity index (χ1v) is 8.05. The van der Waals surface area contributed by atoms with Crippen molar-refractivity contribution < 1.29 is 18.3 Å². The highest BCUT2D eigenvalue weighted by Gasteiger charge is 2.44. The van der Waals surface area contributed by atoms with Gasteiger partial charge in [0, 0.05) is 16.6 Å². The van der Waals surface area contributed by atoms with Gasteiger partial charge in [-0.15, -0.1) is 0 Å². The van der Waals surface area contributed by atoms with E-state index in [-0.39, 0.29) is 27.9 Å². The third kappa shape index (κ3) is 3.14. The third-order valence-corrected chi connectivity index (χ3v) is 5.45. The van der Waals surface area contributed by atoms with Gasteiger partial charge in [0.05, 0.1) is 16.9 Å². The molecule has 1 fully saturated rings. The Morgan fingerprint density at radius 1 is 1.33 bits per heavy atom. The van der Waals surface area contributed by atoms with Gasteiger partial charge in [0.25, 0.3) is 0 Å². The lowest BCUT2D eigenvalue weighted by atomic mass is 10.1. The summed E-state index contributed by atoms with van der Waals surface area (Å²) in [6.07, 6.45) is -0.0423. The van der Waals surface area contributed by atoms with Gasteiger partial charge in [-0.25, -0.2) is 8.42 Å². The van der Waals surface area contributed by atoms with E-state index in [1.54, 1.807) is 0 Å². The van der Waals surface area contributed by atoms with Gasteiger partial charge in [-0.2, -0.15) is 9.57 Å². The smallest absolute Gasteiger partial charge is 0.322 e. The number of benzene rings is 1. The summed E-state index contributed by atoms with van der Waals surface area (Å²) < 4.78 is 25.9. The van der Waals surface area contributed by atoms with E-state index >= 15 is 0 Å². The van der Waals surface area contributed by atoms with E-state index in [2.05, 4.69) is 0 Å². The van der Waals surface area contributed by atoms with Gasteiger partial charge in [-0.3, -0.25) is 4.79 Å². The fourth-order valence-corrected chi connectivity index (χ4v) is 4.57. The van der Waals surface area contributed by atoms with E-state index in [0.717, 1.165) is 4.31 Å². The quantitative estimate of drug-likeness (QED) is 0.900. The van der Waals surface area contributed by atoms with Crippen LogP contribution >= 0.6 is 23.2 Å². The van der Waals surface area contributed by atoms with E-state index in [1.165, 1.54) is 18.2 Å². The van der Waals surface area contributed by atoms with E-state index < -0.39 is 28.0 Å². The molecule has 1 aliphatic heterocycles. The van der Waals surface area contributed by atoms with Gasteiger partial charge in [-0.1, -0.05) is 23.2 Å². The number of halogens is 2. The molecule has 0 aromatic heterocycles. The molecule has 6 nitrogen and oxygen atoms in total. The van der Waals surface area contributed by atoms with Crippen molar-refractivity contribution in [3.63, 3.8) is 0 Å². The van der Waals surface area contributed by atoms with Crippen LogP contribution in [0.5, 0.6) is 0 Å². The third-order valence-electron chi connectivity index (χ3n) is 3.17. The van der Waals surface area contributed by atoms with Crippen molar-refractivity contribution in [1.29, 1.82) is 5.26 Å². The second-order valence-corrected chi connectivity index (χ2v) is 7.36. The van der Waals surface area contributed by atoms with Gasteiger partial charge in [0.1, 0.15) is 6.04 Å². The number of carboxylic acids is 1. The van der Waals surface area contributed by atoms with Crippen molar-refractivity contribution in [3.05, 3.63) is 28.2 Å². The predicted octanol–water partition coefficient (Wildman–Crippen LogP) is 1.98. The van der Waals surface area contributed by atoms with Gasteiger partial charge in [-0.05, 0) is 24.6 Å². The number of hydrogen-bond acceptors (Lipinski definition) is 4. The van der Waals surface area contributed by atoms with Crippen LogP contribution in [-0.2, 0) is 14.8 Å². The topological polar surface area (TPSA) is 98.5 Å². The molecule has 0 amide bonds. The van der Waals surface area contributed by atoms with Crippen LogP contribution in [0.15, 0.2) is 23.1 Å². The number of nitriles is 1. The van der Waals surface area contributed by atoms with Crippen molar-refractivity contribution >= 4 is 39.2 Å². The first kappa shape index (κ1) is 16.0. The molecular formula is C12H10Cl2N2O4S. The molecule has 0 radical (unpaired) electrons. The number of carboxylic acid groups (broad SMARTS) is 1. The Balaban J connectivity index is 2.47. The summed E-state index contributed by atoms with van der Waals surface area (Å²) in [5.74, 6) is -1.94. The van der Waals surface area contributed by atoms with Gasteiger partial charge in [0.2, 0.25) is 10.0 Å². The van der Waals surface area contributed by atoms with Crippen molar-refractivity contribution in [2.75, 3.05) is 6.54 Å². The Bertz CT molecular complexity index is 709. The molecule has 1 aromatic carbocycles. The van der Waals surface area contributed by atoms with Crippen LogP contribution in [0.4, 0.5) is 0 Å². The first-order chi connectivity index (χ1) is 9.75. The highest BCUT2D eigenvalue weighted by Crippen LogP contribution is 2.31. The van der Waals surface area contributed by atoms with Crippen LogP contribution in [0.25, 0.3) is 0 Å². The summed E-state index contributed by atoms with van der Waals surface area (Å²) in [6, 6.07) is 4.40. The molecule has 2 rings (SSSR count). The molecule has 0 unspecified atom stereocenters. The highest BCUT2D eigenvalue weighted by atomic mass is 35.5. The minimum absolute atomic E-state index is 0.0423. The Hall–Kier alpha value is -1.33. The maximum Gasteiger partial charge on any atom is 0.322 e. The summed E-state index contributed by atoms with van der Waals surface area (Å²) in [7, 11) is -4.09. The zero-order valence-electron chi connectivity index (χ0n) is 10.5. The van der Waals surface area contributed by atoms with Crippen LogP contribution in [-0.4, -0.2) is 36.4 Å². The van der Waals surface area contributed by atoms with Crippen molar-refractivity contribution in [1.82, 2.24) is 4.31 Å². The maximum absolute atomic E-state index is 12.6.